The standard InChI is InChI=1S/C37H36N4O8S2/c1-23-15-17-25(3)34(19-23)50(44,45)48-30-11-6-9-28(21-30)38-36(42)40-32-13-8-14-33(27(32)5)41-37(43)39-29-10-7-12-31(22-29)49-51(46,47)35-20-24(2)16-18-26(35)4/h6-22H,1-5H3,(H2,38,40,42)(H2,39,41,43). The fourth-order valence-corrected chi connectivity index (χ4v) is 7.50. The molecule has 5 rings (SSSR count). The maximum absolute atomic E-state index is 12.9. The van der Waals surface area contributed by atoms with Crippen LogP contribution in [0.5, 0.6) is 11.5 Å². The van der Waals surface area contributed by atoms with Crippen molar-refractivity contribution in [1.29, 1.82) is 0 Å². The molecule has 0 saturated heterocycles. The summed E-state index contributed by atoms with van der Waals surface area (Å²) in [5.74, 6) is 0.0318. The lowest BCUT2D eigenvalue weighted by Crippen LogP contribution is -2.22. The summed E-state index contributed by atoms with van der Waals surface area (Å²) in [5, 5.41) is 10.8. The smallest absolute Gasteiger partial charge is 0.339 e. The van der Waals surface area contributed by atoms with Gasteiger partial charge in [0.2, 0.25) is 0 Å². The molecule has 0 atom stereocenters. The van der Waals surface area contributed by atoms with Crippen LogP contribution in [0.15, 0.2) is 113 Å². The molecule has 5 aromatic carbocycles. The van der Waals surface area contributed by atoms with Crippen LogP contribution in [0.3, 0.4) is 0 Å². The quantitative estimate of drug-likeness (QED) is 0.105. The largest absolute Gasteiger partial charge is 0.379 e. The van der Waals surface area contributed by atoms with E-state index < -0.39 is 32.3 Å². The minimum absolute atomic E-state index is 0.0159. The number of hydrogen-bond acceptors (Lipinski definition) is 8. The van der Waals surface area contributed by atoms with Crippen molar-refractivity contribution in [2.24, 2.45) is 0 Å². The Morgan fingerprint density at radius 2 is 0.882 bits per heavy atom. The van der Waals surface area contributed by atoms with Gasteiger partial charge in [0.1, 0.15) is 21.3 Å². The number of nitrogens with one attached hydrogen (secondary N) is 4. The Bertz CT molecular complexity index is 2200. The Morgan fingerprint density at radius 3 is 1.29 bits per heavy atom. The summed E-state index contributed by atoms with van der Waals surface area (Å²) < 4.78 is 62.5. The van der Waals surface area contributed by atoms with Crippen molar-refractivity contribution in [1.82, 2.24) is 0 Å². The van der Waals surface area contributed by atoms with Gasteiger partial charge in [-0.1, -0.05) is 42.5 Å². The molecule has 0 fully saturated rings. The van der Waals surface area contributed by atoms with Crippen LogP contribution in [0.25, 0.3) is 0 Å². The van der Waals surface area contributed by atoms with Gasteiger partial charge in [0.25, 0.3) is 0 Å². The minimum Gasteiger partial charge on any atom is -0.379 e. The van der Waals surface area contributed by atoms with E-state index in [2.05, 4.69) is 21.3 Å². The molecule has 0 aliphatic carbocycles. The predicted molar refractivity (Wildman–Crippen MR) is 197 cm³/mol. The van der Waals surface area contributed by atoms with E-state index in [1.165, 1.54) is 36.4 Å². The molecule has 0 saturated carbocycles. The van der Waals surface area contributed by atoms with Crippen molar-refractivity contribution in [3.05, 3.63) is 131 Å². The summed E-state index contributed by atoms with van der Waals surface area (Å²) in [5.41, 5.74) is 4.50. The lowest BCUT2D eigenvalue weighted by Gasteiger charge is -2.15. The number of carbonyl (C=O) groups is 2. The number of urea groups is 2. The highest BCUT2D eigenvalue weighted by atomic mass is 32.2. The molecule has 0 aliphatic rings. The monoisotopic (exact) mass is 728 g/mol. The summed E-state index contributed by atoms with van der Waals surface area (Å²) in [7, 11) is -8.24. The van der Waals surface area contributed by atoms with Crippen molar-refractivity contribution in [3.63, 3.8) is 0 Å². The average molecular weight is 729 g/mol. The minimum atomic E-state index is -4.12. The molecule has 0 bridgehead atoms. The molecule has 0 heterocycles. The number of rotatable bonds is 10. The maximum atomic E-state index is 12.9. The summed E-state index contributed by atoms with van der Waals surface area (Å²) in [6, 6.07) is 25.7. The van der Waals surface area contributed by atoms with Gasteiger partial charge in [0.15, 0.2) is 0 Å². The third-order valence-electron chi connectivity index (χ3n) is 7.65. The van der Waals surface area contributed by atoms with Crippen LogP contribution in [-0.4, -0.2) is 28.9 Å². The first-order valence-corrected chi connectivity index (χ1v) is 18.4. The first-order valence-electron chi connectivity index (χ1n) is 15.6. The zero-order valence-corrected chi connectivity index (χ0v) is 30.0. The molecule has 264 valence electrons. The van der Waals surface area contributed by atoms with Gasteiger partial charge in [0.05, 0.1) is 0 Å². The third kappa shape index (κ3) is 9.23. The highest BCUT2D eigenvalue weighted by molar-refractivity contribution is 7.87. The van der Waals surface area contributed by atoms with Crippen molar-refractivity contribution in [2.45, 2.75) is 44.4 Å². The SMILES string of the molecule is Cc1ccc(C)c(S(=O)(=O)Oc2cccc(NC(=O)Nc3cccc(NC(=O)Nc4cccc(OS(=O)(=O)c5cc(C)ccc5C)c4)c3C)c2)c1. The second-order valence-electron chi connectivity index (χ2n) is 11.8. The molecule has 12 nitrogen and oxygen atoms in total. The lowest BCUT2D eigenvalue weighted by molar-refractivity contribution is 0.261. The number of hydrogen-bond donors (Lipinski definition) is 4. The molecule has 4 N–H and O–H groups in total. The second kappa shape index (κ2) is 14.9. The van der Waals surface area contributed by atoms with Crippen molar-refractivity contribution in [2.75, 3.05) is 21.3 Å². The van der Waals surface area contributed by atoms with E-state index in [1.807, 2.05) is 12.1 Å². The zero-order chi connectivity index (χ0) is 36.9. The highest BCUT2D eigenvalue weighted by Crippen LogP contribution is 2.28. The van der Waals surface area contributed by atoms with Crippen molar-refractivity contribution in [3.8, 4) is 11.5 Å². The average Bonchev–Trinajstić information content (AvgIpc) is 3.05. The number of anilines is 4. The molecular weight excluding hydrogens is 693 g/mol. The number of benzene rings is 5. The summed E-state index contributed by atoms with van der Waals surface area (Å²) in [6.07, 6.45) is 0. The van der Waals surface area contributed by atoms with E-state index in [0.29, 0.717) is 28.1 Å². The van der Waals surface area contributed by atoms with Crippen LogP contribution in [0.2, 0.25) is 0 Å². The van der Waals surface area contributed by atoms with Gasteiger partial charge < -0.3 is 29.6 Å². The molecule has 51 heavy (non-hydrogen) atoms. The topological polar surface area (TPSA) is 169 Å². The maximum Gasteiger partial charge on any atom is 0.339 e. The molecule has 0 aliphatic heterocycles. The fourth-order valence-electron chi connectivity index (χ4n) is 5.02. The van der Waals surface area contributed by atoms with E-state index in [1.54, 1.807) is 89.2 Å². The first kappa shape index (κ1) is 36.4. The van der Waals surface area contributed by atoms with Gasteiger partial charge in [-0.25, -0.2) is 9.59 Å². The Hall–Kier alpha value is -5.86. The molecule has 0 spiro atoms. The van der Waals surface area contributed by atoms with Crippen LogP contribution < -0.4 is 29.6 Å². The highest BCUT2D eigenvalue weighted by Gasteiger charge is 2.21. The van der Waals surface area contributed by atoms with E-state index in [0.717, 1.165) is 11.1 Å². The normalized spacial score (nSPS) is 11.3. The number of aryl methyl sites for hydroxylation is 4. The predicted octanol–water partition coefficient (Wildman–Crippen LogP) is 8.05. The van der Waals surface area contributed by atoms with Gasteiger partial charge in [-0.15, -0.1) is 0 Å². The van der Waals surface area contributed by atoms with Gasteiger partial charge in [-0.05, 0) is 111 Å². The van der Waals surface area contributed by atoms with Crippen LogP contribution in [0.1, 0.15) is 27.8 Å². The Morgan fingerprint density at radius 1 is 0.490 bits per heavy atom. The molecule has 14 heteroatoms. The summed E-state index contributed by atoms with van der Waals surface area (Å²) >= 11 is 0. The van der Waals surface area contributed by atoms with Gasteiger partial charge in [-0.3, -0.25) is 0 Å². The zero-order valence-electron chi connectivity index (χ0n) is 28.4. The van der Waals surface area contributed by atoms with Crippen molar-refractivity contribution >= 4 is 55.0 Å². The molecule has 0 radical (unpaired) electrons. The van der Waals surface area contributed by atoms with Crippen LogP contribution in [-0.2, 0) is 20.2 Å². The van der Waals surface area contributed by atoms with E-state index in [9.17, 15) is 26.4 Å². The summed E-state index contributed by atoms with van der Waals surface area (Å²) in [4.78, 5) is 26.0. The van der Waals surface area contributed by atoms with Gasteiger partial charge in [0, 0.05) is 34.9 Å². The third-order valence-corrected chi connectivity index (χ3v) is 10.4. The first-order chi connectivity index (χ1) is 24.1. The number of amides is 4. The Balaban J connectivity index is 1.21. The van der Waals surface area contributed by atoms with Crippen LogP contribution in [0, 0.1) is 34.6 Å². The molecule has 5 aromatic rings. The molecule has 0 aromatic heterocycles. The van der Waals surface area contributed by atoms with Gasteiger partial charge in [-0.2, -0.15) is 16.8 Å². The van der Waals surface area contributed by atoms with E-state index >= 15 is 0 Å². The van der Waals surface area contributed by atoms with Crippen molar-refractivity contribution < 1.29 is 34.8 Å². The van der Waals surface area contributed by atoms with E-state index in [-0.39, 0.29) is 32.7 Å². The fraction of sp³-hybridized carbons (Fsp3) is 0.135. The number of carbonyl (C=O) groups excluding carboxylic acids is 2. The second-order valence-corrected chi connectivity index (χ2v) is 14.8. The van der Waals surface area contributed by atoms with Gasteiger partial charge >= 0.3 is 32.3 Å². The Kier molecular flexibility index (Phi) is 10.7. The molecule has 0 unspecified atom stereocenters. The molecule has 4 amide bonds. The summed E-state index contributed by atoms with van der Waals surface area (Å²) in [6.45, 7) is 8.62. The molecular formula is C37H36N4O8S2. The van der Waals surface area contributed by atoms with Crippen LogP contribution in [0.4, 0.5) is 32.3 Å². The Labute approximate surface area is 297 Å². The lowest BCUT2D eigenvalue weighted by atomic mass is 10.1. The van der Waals surface area contributed by atoms with Crippen LogP contribution >= 0.6 is 0 Å². The van der Waals surface area contributed by atoms with E-state index in [4.69, 9.17) is 8.37 Å².